The molecule has 0 aliphatic heterocycles. The molecule has 3 rings (SSSR count). The van der Waals surface area contributed by atoms with Crippen LogP contribution in [-0.4, -0.2) is 26.7 Å². The summed E-state index contributed by atoms with van der Waals surface area (Å²) >= 11 is 0. The highest BCUT2D eigenvalue weighted by Crippen LogP contribution is 2.40. The first kappa shape index (κ1) is 15.3. The van der Waals surface area contributed by atoms with Crippen LogP contribution < -0.4 is 15.2 Å². The van der Waals surface area contributed by atoms with E-state index in [-0.39, 0.29) is 0 Å². The number of nitrogens with one attached hydrogen (secondary N) is 1. The Morgan fingerprint density at radius 1 is 1.41 bits per heavy atom. The summed E-state index contributed by atoms with van der Waals surface area (Å²) in [6.45, 7) is 0. The number of hydrogen-bond acceptors (Lipinski definition) is 5. The Kier molecular flexibility index (Phi) is 3.65. The van der Waals surface area contributed by atoms with Gasteiger partial charge in [-0.25, -0.2) is 8.42 Å². The maximum absolute atomic E-state index is 12.5. The maximum atomic E-state index is 12.5. The number of amides is 1. The molecule has 0 spiro atoms. The molecule has 7 heteroatoms. The number of carbonyl (C=O) groups excluding carboxylic acids is 1. The van der Waals surface area contributed by atoms with Crippen molar-refractivity contribution >= 4 is 15.9 Å². The van der Waals surface area contributed by atoms with Crippen LogP contribution in [0.25, 0.3) is 0 Å². The van der Waals surface area contributed by atoms with E-state index in [1.54, 1.807) is 19.2 Å². The minimum absolute atomic E-state index is 0.370. The van der Waals surface area contributed by atoms with Crippen molar-refractivity contribution in [1.82, 2.24) is 4.72 Å². The molecule has 0 bridgehead atoms. The molecule has 120 valence electrons. The standard InChI is InChI=1S/C15H20N2O4S/c1-21-13-7-3-6-12-11(13)8-9-15(12,16)14(18)17-22(19,20)10-4-2-5-10/h3,6-7,10H,2,4-5,8-9,16H2,1H3,(H,17,18). The first-order valence-corrected chi connectivity index (χ1v) is 8.94. The van der Waals surface area contributed by atoms with Gasteiger partial charge in [0, 0.05) is 0 Å². The van der Waals surface area contributed by atoms with Crippen molar-refractivity contribution in [3.05, 3.63) is 29.3 Å². The van der Waals surface area contributed by atoms with Gasteiger partial charge in [-0.05, 0) is 42.9 Å². The van der Waals surface area contributed by atoms with Crippen molar-refractivity contribution in [2.24, 2.45) is 5.73 Å². The monoisotopic (exact) mass is 324 g/mol. The molecule has 0 saturated heterocycles. The molecule has 0 heterocycles. The van der Waals surface area contributed by atoms with Crippen LogP contribution in [0.3, 0.4) is 0 Å². The lowest BCUT2D eigenvalue weighted by Crippen LogP contribution is -2.53. The van der Waals surface area contributed by atoms with Gasteiger partial charge in [0.15, 0.2) is 0 Å². The van der Waals surface area contributed by atoms with Gasteiger partial charge < -0.3 is 10.5 Å². The molecule has 6 nitrogen and oxygen atoms in total. The van der Waals surface area contributed by atoms with Gasteiger partial charge in [0.25, 0.3) is 5.91 Å². The van der Waals surface area contributed by atoms with Crippen LogP contribution in [0.5, 0.6) is 5.75 Å². The number of fused-ring (bicyclic) bond motifs is 1. The lowest BCUT2D eigenvalue weighted by Gasteiger charge is -2.29. The predicted molar refractivity (Wildman–Crippen MR) is 81.9 cm³/mol. The summed E-state index contributed by atoms with van der Waals surface area (Å²) in [7, 11) is -2.06. The summed E-state index contributed by atoms with van der Waals surface area (Å²) in [6.07, 6.45) is 3.05. The molecular formula is C15H20N2O4S. The predicted octanol–water partition coefficient (Wildman–Crippen LogP) is 0.794. The van der Waals surface area contributed by atoms with Gasteiger partial charge in [-0.2, -0.15) is 0 Å². The first-order chi connectivity index (χ1) is 10.4. The first-order valence-electron chi connectivity index (χ1n) is 7.40. The van der Waals surface area contributed by atoms with Crippen molar-refractivity contribution in [2.45, 2.75) is 42.9 Å². The average molecular weight is 324 g/mol. The van der Waals surface area contributed by atoms with E-state index in [9.17, 15) is 13.2 Å². The summed E-state index contributed by atoms with van der Waals surface area (Å²) in [4.78, 5) is 12.5. The molecule has 1 saturated carbocycles. The minimum atomic E-state index is -3.63. The molecule has 3 N–H and O–H groups in total. The second-order valence-corrected chi connectivity index (χ2v) is 7.95. The summed E-state index contributed by atoms with van der Waals surface area (Å²) in [5, 5.41) is -0.466. The lowest BCUT2D eigenvalue weighted by molar-refractivity contribution is -0.124. The quantitative estimate of drug-likeness (QED) is 0.853. The Balaban J connectivity index is 1.88. The largest absolute Gasteiger partial charge is 0.496 e. The second-order valence-electron chi connectivity index (χ2n) is 5.99. The van der Waals surface area contributed by atoms with Crippen LogP contribution in [0, 0.1) is 0 Å². The molecule has 1 aromatic carbocycles. The van der Waals surface area contributed by atoms with Crippen molar-refractivity contribution < 1.29 is 17.9 Å². The molecular weight excluding hydrogens is 304 g/mol. The van der Waals surface area contributed by atoms with Crippen molar-refractivity contribution in [3.8, 4) is 5.75 Å². The lowest BCUT2D eigenvalue weighted by atomic mass is 9.92. The SMILES string of the molecule is COc1cccc2c1CCC2(N)C(=O)NS(=O)(=O)C1CCC1. The molecule has 1 amide bonds. The molecule has 1 unspecified atom stereocenters. The van der Waals surface area contributed by atoms with Crippen LogP contribution in [0.2, 0.25) is 0 Å². The molecule has 1 fully saturated rings. The number of methoxy groups -OCH3 is 1. The zero-order valence-corrected chi connectivity index (χ0v) is 13.3. The van der Waals surface area contributed by atoms with Gasteiger partial charge in [-0.15, -0.1) is 0 Å². The van der Waals surface area contributed by atoms with E-state index in [0.29, 0.717) is 37.0 Å². The van der Waals surface area contributed by atoms with E-state index in [4.69, 9.17) is 10.5 Å². The topological polar surface area (TPSA) is 98.5 Å². The van der Waals surface area contributed by atoms with Crippen molar-refractivity contribution in [3.63, 3.8) is 0 Å². The fourth-order valence-corrected chi connectivity index (χ4v) is 4.67. The Morgan fingerprint density at radius 2 is 2.14 bits per heavy atom. The Hall–Kier alpha value is -1.60. The van der Waals surface area contributed by atoms with Crippen molar-refractivity contribution in [2.75, 3.05) is 7.11 Å². The van der Waals surface area contributed by atoms with Gasteiger partial charge >= 0.3 is 0 Å². The smallest absolute Gasteiger partial charge is 0.258 e. The van der Waals surface area contributed by atoms with E-state index in [2.05, 4.69) is 4.72 Å². The highest BCUT2D eigenvalue weighted by atomic mass is 32.2. The molecule has 2 aliphatic rings. The Labute approximate surface area is 130 Å². The third-order valence-electron chi connectivity index (χ3n) is 4.73. The summed E-state index contributed by atoms with van der Waals surface area (Å²) < 4.78 is 31.8. The van der Waals surface area contributed by atoms with Gasteiger partial charge in [-0.3, -0.25) is 9.52 Å². The van der Waals surface area contributed by atoms with Crippen LogP contribution in [0.1, 0.15) is 36.8 Å². The third kappa shape index (κ3) is 2.28. The number of rotatable bonds is 4. The molecule has 22 heavy (non-hydrogen) atoms. The fourth-order valence-electron chi connectivity index (χ4n) is 3.11. The third-order valence-corrected chi connectivity index (χ3v) is 6.55. The molecule has 1 atom stereocenters. The average Bonchev–Trinajstić information content (AvgIpc) is 2.75. The number of sulfonamides is 1. The molecule has 1 aromatic rings. The summed E-state index contributed by atoms with van der Waals surface area (Å²) in [5.41, 5.74) is 6.48. The molecule has 2 aliphatic carbocycles. The van der Waals surface area contributed by atoms with Crippen LogP contribution >= 0.6 is 0 Å². The van der Waals surface area contributed by atoms with Gasteiger partial charge in [0.2, 0.25) is 10.0 Å². The van der Waals surface area contributed by atoms with E-state index >= 15 is 0 Å². The zero-order valence-electron chi connectivity index (χ0n) is 12.5. The number of benzene rings is 1. The summed E-state index contributed by atoms with van der Waals surface area (Å²) in [5.74, 6) is 0.0332. The van der Waals surface area contributed by atoms with Crippen molar-refractivity contribution in [1.29, 1.82) is 0 Å². The highest BCUT2D eigenvalue weighted by Gasteiger charge is 2.45. The molecule has 0 radical (unpaired) electrons. The van der Waals surface area contributed by atoms with E-state index in [0.717, 1.165) is 12.0 Å². The fraction of sp³-hybridized carbons (Fsp3) is 0.533. The maximum Gasteiger partial charge on any atom is 0.258 e. The van der Waals surface area contributed by atoms with E-state index in [1.807, 2.05) is 6.07 Å². The Bertz CT molecular complexity index is 712. The number of ether oxygens (including phenoxy) is 1. The zero-order chi connectivity index (χ0) is 16.0. The van der Waals surface area contributed by atoms with Gasteiger partial charge in [0.05, 0.1) is 12.4 Å². The van der Waals surface area contributed by atoms with Crippen LogP contribution in [0.4, 0.5) is 0 Å². The highest BCUT2D eigenvalue weighted by molar-refractivity contribution is 7.90. The normalized spacial score (nSPS) is 24.5. The minimum Gasteiger partial charge on any atom is -0.496 e. The van der Waals surface area contributed by atoms with Gasteiger partial charge in [-0.1, -0.05) is 18.6 Å². The van der Waals surface area contributed by atoms with Crippen LogP contribution in [0.15, 0.2) is 18.2 Å². The van der Waals surface area contributed by atoms with Crippen LogP contribution in [-0.2, 0) is 26.8 Å². The summed E-state index contributed by atoms with van der Waals surface area (Å²) in [6, 6.07) is 5.34. The number of hydrogen-bond donors (Lipinski definition) is 2. The second kappa shape index (κ2) is 5.24. The number of nitrogens with two attached hydrogens (primary N) is 1. The van der Waals surface area contributed by atoms with E-state index in [1.165, 1.54) is 0 Å². The van der Waals surface area contributed by atoms with Gasteiger partial charge in [0.1, 0.15) is 11.3 Å². The Morgan fingerprint density at radius 3 is 2.73 bits per heavy atom. The van der Waals surface area contributed by atoms with E-state index < -0.39 is 26.7 Å². The molecule has 0 aromatic heterocycles. The number of carbonyl (C=O) groups is 1.